The summed E-state index contributed by atoms with van der Waals surface area (Å²) in [7, 11) is -3.54. The number of anilines is 2. The molecule has 4 rings (SSSR count). The van der Waals surface area contributed by atoms with Crippen LogP contribution in [0.3, 0.4) is 0 Å². The number of nitrogens with zero attached hydrogens (tertiary/aromatic N) is 1. The van der Waals surface area contributed by atoms with Gasteiger partial charge in [-0.05, 0) is 41.1 Å². The summed E-state index contributed by atoms with van der Waals surface area (Å²) in [6.45, 7) is 0.603. The van der Waals surface area contributed by atoms with E-state index in [0.29, 0.717) is 17.1 Å². The standard InChI is InChI=1S/C20H18N2O3S2/c23-20(19-7-4-12-26-19)22-11-10-16-8-9-17(13-18(16)22)21-27(24,25)14-15-5-2-1-3-6-15/h1-9,12-13,21H,10-11,14H2. The number of carbonyl (C=O) groups excluding carboxylic acids is 1. The Hall–Kier alpha value is -2.64. The number of rotatable bonds is 5. The molecule has 2 aromatic carbocycles. The molecule has 1 aromatic heterocycles. The van der Waals surface area contributed by atoms with E-state index in [2.05, 4.69) is 4.72 Å². The molecule has 0 atom stereocenters. The molecule has 7 heteroatoms. The Morgan fingerprint density at radius 2 is 1.89 bits per heavy atom. The summed E-state index contributed by atoms with van der Waals surface area (Å²) in [5.41, 5.74) is 3.01. The van der Waals surface area contributed by atoms with E-state index in [1.165, 1.54) is 11.3 Å². The average molecular weight is 399 g/mol. The van der Waals surface area contributed by atoms with Gasteiger partial charge in [-0.25, -0.2) is 8.42 Å². The monoisotopic (exact) mass is 398 g/mol. The average Bonchev–Trinajstić information content (AvgIpc) is 3.31. The molecule has 0 aliphatic carbocycles. The van der Waals surface area contributed by atoms with Crippen molar-refractivity contribution >= 4 is 38.6 Å². The van der Waals surface area contributed by atoms with Gasteiger partial charge in [0.1, 0.15) is 0 Å². The zero-order chi connectivity index (χ0) is 18.9. The summed E-state index contributed by atoms with van der Waals surface area (Å²) in [6, 6.07) is 18.1. The number of hydrogen-bond acceptors (Lipinski definition) is 4. The van der Waals surface area contributed by atoms with Crippen LogP contribution in [-0.4, -0.2) is 20.9 Å². The fraction of sp³-hybridized carbons (Fsp3) is 0.150. The smallest absolute Gasteiger partial charge is 0.268 e. The first-order valence-corrected chi connectivity index (χ1v) is 11.1. The van der Waals surface area contributed by atoms with Crippen LogP contribution in [-0.2, 0) is 22.2 Å². The third-order valence-electron chi connectivity index (χ3n) is 4.43. The SMILES string of the molecule is O=C(c1cccs1)N1CCc2ccc(NS(=O)(=O)Cc3ccccc3)cc21. The van der Waals surface area contributed by atoms with E-state index in [1.54, 1.807) is 35.2 Å². The maximum Gasteiger partial charge on any atom is 0.268 e. The van der Waals surface area contributed by atoms with Crippen LogP contribution >= 0.6 is 11.3 Å². The van der Waals surface area contributed by atoms with Crippen molar-refractivity contribution < 1.29 is 13.2 Å². The minimum absolute atomic E-state index is 0.0481. The molecule has 0 radical (unpaired) electrons. The fourth-order valence-corrected chi connectivity index (χ4v) is 5.06. The van der Waals surface area contributed by atoms with E-state index in [-0.39, 0.29) is 11.7 Å². The van der Waals surface area contributed by atoms with Crippen molar-refractivity contribution in [3.63, 3.8) is 0 Å². The Labute approximate surface area is 162 Å². The third kappa shape index (κ3) is 3.89. The lowest BCUT2D eigenvalue weighted by Crippen LogP contribution is -2.28. The zero-order valence-electron chi connectivity index (χ0n) is 14.5. The Bertz CT molecular complexity index is 1060. The van der Waals surface area contributed by atoms with E-state index < -0.39 is 10.0 Å². The van der Waals surface area contributed by atoms with E-state index in [4.69, 9.17) is 0 Å². The molecule has 0 saturated heterocycles. The summed E-state index contributed by atoms with van der Waals surface area (Å²) >= 11 is 1.41. The highest BCUT2D eigenvalue weighted by molar-refractivity contribution is 7.91. The lowest BCUT2D eigenvalue weighted by molar-refractivity contribution is 0.0993. The number of fused-ring (bicyclic) bond motifs is 1. The highest BCUT2D eigenvalue weighted by Gasteiger charge is 2.26. The second kappa shape index (κ2) is 7.17. The van der Waals surface area contributed by atoms with Gasteiger partial charge in [0.05, 0.1) is 16.3 Å². The van der Waals surface area contributed by atoms with E-state index in [1.807, 2.05) is 35.7 Å². The summed E-state index contributed by atoms with van der Waals surface area (Å²) in [6.07, 6.45) is 0.767. The predicted molar refractivity (Wildman–Crippen MR) is 109 cm³/mol. The number of sulfonamides is 1. The molecular formula is C20H18N2O3S2. The fourth-order valence-electron chi connectivity index (χ4n) is 3.20. The molecule has 27 heavy (non-hydrogen) atoms. The highest BCUT2D eigenvalue weighted by atomic mass is 32.2. The van der Waals surface area contributed by atoms with E-state index in [0.717, 1.165) is 23.2 Å². The van der Waals surface area contributed by atoms with Crippen LogP contribution in [0.2, 0.25) is 0 Å². The summed E-state index contributed by atoms with van der Waals surface area (Å²) in [5.74, 6) is -0.143. The molecule has 138 valence electrons. The Kier molecular flexibility index (Phi) is 4.72. The molecule has 0 fully saturated rings. The molecule has 2 heterocycles. The van der Waals surface area contributed by atoms with Crippen LogP contribution in [0, 0.1) is 0 Å². The summed E-state index contributed by atoms with van der Waals surface area (Å²) in [5, 5.41) is 1.87. The Balaban J connectivity index is 1.56. The van der Waals surface area contributed by atoms with Crippen LogP contribution in [0.25, 0.3) is 0 Å². The van der Waals surface area contributed by atoms with Crippen LogP contribution in [0.1, 0.15) is 20.8 Å². The van der Waals surface area contributed by atoms with E-state index in [9.17, 15) is 13.2 Å². The lowest BCUT2D eigenvalue weighted by atomic mass is 10.1. The predicted octanol–water partition coefficient (Wildman–Crippen LogP) is 3.89. The van der Waals surface area contributed by atoms with E-state index >= 15 is 0 Å². The molecule has 1 N–H and O–H groups in total. The number of thiophene rings is 1. The molecule has 0 bridgehead atoms. The molecule has 1 aliphatic heterocycles. The minimum atomic E-state index is -3.54. The van der Waals surface area contributed by atoms with Crippen molar-refractivity contribution in [3.05, 3.63) is 82.0 Å². The van der Waals surface area contributed by atoms with Crippen LogP contribution in [0.15, 0.2) is 66.0 Å². The first-order valence-electron chi connectivity index (χ1n) is 8.54. The third-order valence-corrected chi connectivity index (χ3v) is 6.55. The molecule has 0 unspecified atom stereocenters. The first kappa shape index (κ1) is 17.8. The summed E-state index contributed by atoms with van der Waals surface area (Å²) in [4.78, 5) is 15.1. The van der Waals surface area contributed by atoms with Gasteiger partial charge in [0.15, 0.2) is 0 Å². The van der Waals surface area contributed by atoms with Crippen LogP contribution in [0.5, 0.6) is 0 Å². The van der Waals surface area contributed by atoms with Crippen molar-refractivity contribution in [2.75, 3.05) is 16.2 Å². The minimum Gasteiger partial charge on any atom is -0.307 e. The molecule has 0 spiro atoms. The number of benzene rings is 2. The number of carbonyl (C=O) groups is 1. The molecule has 5 nitrogen and oxygen atoms in total. The maximum atomic E-state index is 12.7. The van der Waals surface area contributed by atoms with Gasteiger partial charge in [-0.3, -0.25) is 9.52 Å². The van der Waals surface area contributed by atoms with Gasteiger partial charge >= 0.3 is 0 Å². The largest absolute Gasteiger partial charge is 0.307 e. The number of hydrogen-bond donors (Lipinski definition) is 1. The second-order valence-electron chi connectivity index (χ2n) is 6.37. The van der Waals surface area contributed by atoms with Crippen molar-refractivity contribution in [2.24, 2.45) is 0 Å². The second-order valence-corrected chi connectivity index (χ2v) is 9.04. The first-order chi connectivity index (χ1) is 13.0. The van der Waals surface area contributed by atoms with Gasteiger partial charge in [0, 0.05) is 12.2 Å². The quantitative estimate of drug-likeness (QED) is 0.709. The van der Waals surface area contributed by atoms with Gasteiger partial charge in [-0.2, -0.15) is 0 Å². The normalized spacial score (nSPS) is 13.4. The zero-order valence-corrected chi connectivity index (χ0v) is 16.1. The van der Waals surface area contributed by atoms with Gasteiger partial charge in [-0.1, -0.05) is 42.5 Å². The lowest BCUT2D eigenvalue weighted by Gasteiger charge is -2.17. The van der Waals surface area contributed by atoms with Crippen LogP contribution in [0.4, 0.5) is 11.4 Å². The van der Waals surface area contributed by atoms with Gasteiger partial charge in [0.2, 0.25) is 10.0 Å². The highest BCUT2D eigenvalue weighted by Crippen LogP contribution is 2.33. The van der Waals surface area contributed by atoms with Gasteiger partial charge < -0.3 is 4.90 Å². The molecule has 1 aliphatic rings. The van der Waals surface area contributed by atoms with Crippen LogP contribution < -0.4 is 9.62 Å². The van der Waals surface area contributed by atoms with Gasteiger partial charge in [0.25, 0.3) is 5.91 Å². The van der Waals surface area contributed by atoms with Gasteiger partial charge in [-0.15, -0.1) is 11.3 Å². The number of nitrogens with one attached hydrogen (secondary N) is 1. The summed E-state index contributed by atoms with van der Waals surface area (Å²) < 4.78 is 27.6. The molecule has 3 aromatic rings. The molecular weight excluding hydrogens is 380 g/mol. The molecule has 0 saturated carbocycles. The Morgan fingerprint density at radius 3 is 2.63 bits per heavy atom. The maximum absolute atomic E-state index is 12.7. The number of amides is 1. The van der Waals surface area contributed by atoms with Crippen molar-refractivity contribution in [1.29, 1.82) is 0 Å². The topological polar surface area (TPSA) is 66.5 Å². The van der Waals surface area contributed by atoms with Crippen molar-refractivity contribution in [3.8, 4) is 0 Å². The van der Waals surface area contributed by atoms with Crippen molar-refractivity contribution in [2.45, 2.75) is 12.2 Å². The van der Waals surface area contributed by atoms with Crippen molar-refractivity contribution in [1.82, 2.24) is 0 Å². The molecule has 1 amide bonds. The Morgan fingerprint density at radius 1 is 1.07 bits per heavy atom.